The summed E-state index contributed by atoms with van der Waals surface area (Å²) in [5.41, 5.74) is 0.0572. The highest BCUT2D eigenvalue weighted by Crippen LogP contribution is 2.31. The van der Waals surface area contributed by atoms with Crippen LogP contribution >= 0.6 is 11.6 Å². The number of halogens is 1. The standard InChI is InChI=1S/C15H16ClNO5S/c1-9(2)23(20,21)14-6-11(15(18)19)13(7-12(14)16)17-8-10-4-3-5-22-10/h3-7,9,17H,8H2,1-2H3,(H,18,19). The molecule has 0 saturated carbocycles. The van der Waals surface area contributed by atoms with Crippen molar-refractivity contribution in [3.05, 3.63) is 46.9 Å². The summed E-state index contributed by atoms with van der Waals surface area (Å²) in [6.07, 6.45) is 1.50. The Morgan fingerprint density at radius 2 is 2.09 bits per heavy atom. The van der Waals surface area contributed by atoms with E-state index in [1.165, 1.54) is 26.2 Å². The van der Waals surface area contributed by atoms with Gasteiger partial charge in [0.15, 0.2) is 9.84 Å². The molecule has 0 aliphatic rings. The molecule has 124 valence electrons. The second kappa shape index (κ2) is 6.64. The number of aromatic carboxylic acids is 1. The maximum atomic E-state index is 12.3. The molecular weight excluding hydrogens is 342 g/mol. The Kier molecular flexibility index (Phi) is 5.01. The van der Waals surface area contributed by atoms with Gasteiger partial charge in [-0.25, -0.2) is 13.2 Å². The van der Waals surface area contributed by atoms with Gasteiger partial charge in [-0.2, -0.15) is 0 Å². The summed E-state index contributed by atoms with van der Waals surface area (Å²) in [5.74, 6) is -0.639. The van der Waals surface area contributed by atoms with Crippen LogP contribution in [0.2, 0.25) is 5.02 Å². The van der Waals surface area contributed by atoms with E-state index in [9.17, 15) is 18.3 Å². The minimum Gasteiger partial charge on any atom is -0.478 e. The SMILES string of the molecule is CC(C)S(=O)(=O)c1cc(C(=O)O)c(NCc2ccco2)cc1Cl. The third kappa shape index (κ3) is 3.68. The van der Waals surface area contributed by atoms with Gasteiger partial charge < -0.3 is 14.8 Å². The van der Waals surface area contributed by atoms with Crippen LogP contribution in [0.15, 0.2) is 39.8 Å². The number of benzene rings is 1. The molecular formula is C15H16ClNO5S. The van der Waals surface area contributed by atoms with Crippen LogP contribution in [0.5, 0.6) is 0 Å². The number of sulfone groups is 1. The highest BCUT2D eigenvalue weighted by molar-refractivity contribution is 7.92. The Morgan fingerprint density at radius 1 is 1.39 bits per heavy atom. The first-order valence-electron chi connectivity index (χ1n) is 6.80. The maximum Gasteiger partial charge on any atom is 0.337 e. The molecule has 1 heterocycles. The lowest BCUT2D eigenvalue weighted by atomic mass is 10.1. The van der Waals surface area contributed by atoms with Crippen LogP contribution in [-0.2, 0) is 16.4 Å². The molecule has 0 aliphatic carbocycles. The molecule has 0 fully saturated rings. The minimum absolute atomic E-state index is 0.0226. The van der Waals surface area contributed by atoms with Crippen LogP contribution in [0.25, 0.3) is 0 Å². The van der Waals surface area contributed by atoms with Gasteiger partial charge in [-0.05, 0) is 38.1 Å². The van der Waals surface area contributed by atoms with Crippen molar-refractivity contribution in [3.8, 4) is 0 Å². The van der Waals surface area contributed by atoms with E-state index in [2.05, 4.69) is 5.32 Å². The largest absolute Gasteiger partial charge is 0.478 e. The van der Waals surface area contributed by atoms with Gasteiger partial charge in [0.1, 0.15) is 5.76 Å². The van der Waals surface area contributed by atoms with E-state index in [1.807, 2.05) is 0 Å². The van der Waals surface area contributed by atoms with E-state index in [0.717, 1.165) is 6.07 Å². The number of rotatable bonds is 6. The van der Waals surface area contributed by atoms with Crippen molar-refractivity contribution in [2.75, 3.05) is 5.32 Å². The van der Waals surface area contributed by atoms with Gasteiger partial charge in [0.05, 0.1) is 39.2 Å². The predicted molar refractivity (Wildman–Crippen MR) is 86.8 cm³/mol. The second-order valence-corrected chi connectivity index (χ2v) is 8.04. The van der Waals surface area contributed by atoms with Gasteiger partial charge in [0.25, 0.3) is 0 Å². The molecule has 0 bridgehead atoms. The van der Waals surface area contributed by atoms with Crippen molar-refractivity contribution in [1.82, 2.24) is 0 Å². The number of carboxylic acids is 1. The number of hydrogen-bond donors (Lipinski definition) is 2. The average Bonchev–Trinajstić information content (AvgIpc) is 2.97. The molecule has 2 aromatic rings. The van der Waals surface area contributed by atoms with Gasteiger partial charge in [0.2, 0.25) is 0 Å². The van der Waals surface area contributed by atoms with Gasteiger partial charge in [-0.3, -0.25) is 0 Å². The van der Waals surface area contributed by atoms with Crippen molar-refractivity contribution in [2.24, 2.45) is 0 Å². The molecule has 0 saturated heterocycles. The Balaban J connectivity index is 2.44. The van der Waals surface area contributed by atoms with Gasteiger partial charge >= 0.3 is 5.97 Å². The van der Waals surface area contributed by atoms with Crippen LogP contribution in [0.1, 0.15) is 30.0 Å². The quantitative estimate of drug-likeness (QED) is 0.822. The highest BCUT2D eigenvalue weighted by Gasteiger charge is 2.25. The average molecular weight is 358 g/mol. The molecule has 0 atom stereocenters. The first-order chi connectivity index (χ1) is 10.7. The molecule has 0 amide bonds. The molecule has 2 N–H and O–H groups in total. The summed E-state index contributed by atoms with van der Waals surface area (Å²) in [4.78, 5) is 11.3. The van der Waals surface area contributed by atoms with Crippen molar-refractivity contribution in [3.63, 3.8) is 0 Å². The summed E-state index contributed by atoms with van der Waals surface area (Å²) >= 11 is 6.06. The summed E-state index contributed by atoms with van der Waals surface area (Å²) in [5, 5.41) is 11.5. The molecule has 0 aliphatic heterocycles. The smallest absolute Gasteiger partial charge is 0.337 e. The molecule has 8 heteroatoms. The summed E-state index contributed by atoms with van der Waals surface area (Å²) in [7, 11) is -3.68. The molecule has 1 aromatic carbocycles. The molecule has 1 aromatic heterocycles. The Bertz CT molecular complexity index is 813. The van der Waals surface area contributed by atoms with Crippen LogP contribution in [-0.4, -0.2) is 24.7 Å². The van der Waals surface area contributed by atoms with Crippen LogP contribution in [0.4, 0.5) is 5.69 Å². The van der Waals surface area contributed by atoms with Crippen molar-refractivity contribution in [1.29, 1.82) is 0 Å². The highest BCUT2D eigenvalue weighted by atomic mass is 35.5. The first kappa shape index (κ1) is 17.4. The number of hydrogen-bond acceptors (Lipinski definition) is 5. The molecule has 0 spiro atoms. The van der Waals surface area contributed by atoms with E-state index < -0.39 is 21.1 Å². The monoisotopic (exact) mass is 357 g/mol. The van der Waals surface area contributed by atoms with E-state index in [1.54, 1.807) is 12.1 Å². The first-order valence-corrected chi connectivity index (χ1v) is 8.73. The summed E-state index contributed by atoms with van der Waals surface area (Å²) < 4.78 is 29.7. The zero-order valence-corrected chi connectivity index (χ0v) is 14.1. The molecule has 0 unspecified atom stereocenters. The molecule has 6 nitrogen and oxygen atoms in total. The summed E-state index contributed by atoms with van der Waals surface area (Å²) in [6.45, 7) is 3.27. The third-order valence-electron chi connectivity index (χ3n) is 3.26. The Hall–Kier alpha value is -1.99. The van der Waals surface area contributed by atoms with Crippen molar-refractivity contribution >= 4 is 33.1 Å². The fraction of sp³-hybridized carbons (Fsp3) is 0.267. The molecule has 23 heavy (non-hydrogen) atoms. The van der Waals surface area contributed by atoms with Crippen LogP contribution in [0.3, 0.4) is 0 Å². The zero-order chi connectivity index (χ0) is 17.2. The minimum atomic E-state index is -3.68. The number of anilines is 1. The van der Waals surface area contributed by atoms with E-state index >= 15 is 0 Å². The Labute approximate surface area is 139 Å². The number of carboxylic acid groups (broad SMARTS) is 1. The van der Waals surface area contributed by atoms with Crippen molar-refractivity contribution < 1.29 is 22.7 Å². The van der Waals surface area contributed by atoms with E-state index in [4.69, 9.17) is 16.0 Å². The van der Waals surface area contributed by atoms with E-state index in [-0.39, 0.29) is 27.7 Å². The predicted octanol–water partition coefficient (Wildman–Crippen LogP) is 3.43. The lowest BCUT2D eigenvalue weighted by molar-refractivity contribution is 0.0697. The number of carbonyl (C=O) groups is 1. The lowest BCUT2D eigenvalue weighted by Gasteiger charge is -2.14. The number of furan rings is 1. The topological polar surface area (TPSA) is 96.6 Å². The molecule has 2 rings (SSSR count). The van der Waals surface area contributed by atoms with Gasteiger partial charge in [-0.15, -0.1) is 0 Å². The van der Waals surface area contributed by atoms with Crippen molar-refractivity contribution in [2.45, 2.75) is 30.5 Å². The van der Waals surface area contributed by atoms with Crippen LogP contribution < -0.4 is 5.32 Å². The Morgan fingerprint density at radius 3 is 2.61 bits per heavy atom. The third-order valence-corrected chi connectivity index (χ3v) is 5.88. The van der Waals surface area contributed by atoms with Gasteiger partial charge in [-0.1, -0.05) is 11.6 Å². The van der Waals surface area contributed by atoms with Crippen LogP contribution in [0, 0.1) is 0 Å². The zero-order valence-electron chi connectivity index (χ0n) is 12.5. The number of nitrogens with one attached hydrogen (secondary N) is 1. The summed E-state index contributed by atoms with van der Waals surface area (Å²) in [6, 6.07) is 5.83. The van der Waals surface area contributed by atoms with E-state index in [0.29, 0.717) is 5.76 Å². The molecule has 0 radical (unpaired) electrons. The van der Waals surface area contributed by atoms with Gasteiger partial charge in [0, 0.05) is 0 Å². The lowest BCUT2D eigenvalue weighted by Crippen LogP contribution is -2.16. The fourth-order valence-corrected chi connectivity index (χ4v) is 3.55. The second-order valence-electron chi connectivity index (χ2n) is 5.16. The fourth-order valence-electron chi connectivity index (χ4n) is 1.94. The normalized spacial score (nSPS) is 11.7. The maximum absolute atomic E-state index is 12.3.